The van der Waals surface area contributed by atoms with Gasteiger partial charge in [0.1, 0.15) is 5.75 Å². The predicted octanol–water partition coefficient (Wildman–Crippen LogP) is 9.52. The van der Waals surface area contributed by atoms with Gasteiger partial charge in [-0.1, -0.05) is 65.3 Å². The maximum atomic E-state index is 13.6. The molecule has 0 N–H and O–H groups in total. The molecule has 0 aliphatic carbocycles. The van der Waals surface area contributed by atoms with Crippen LogP contribution < -0.4 is 9.64 Å². The number of hydrogen-bond acceptors (Lipinski definition) is 4. The highest BCUT2D eigenvalue weighted by molar-refractivity contribution is 9.10. The second-order valence-electron chi connectivity index (χ2n) is 8.19. The third-order valence-electron chi connectivity index (χ3n) is 5.46. The molecule has 1 aliphatic rings. The number of anilines is 1. The summed E-state index contributed by atoms with van der Waals surface area (Å²) < 4.78 is 7.00. The number of halogens is 3. The van der Waals surface area contributed by atoms with E-state index in [1.807, 2.05) is 48.5 Å². The number of carbonyl (C=O) groups is 1. The number of benzene rings is 3. The minimum absolute atomic E-state index is 0.163. The van der Waals surface area contributed by atoms with E-state index in [1.54, 1.807) is 29.2 Å². The first kappa shape index (κ1) is 26.8. The Balaban J connectivity index is 1.67. The van der Waals surface area contributed by atoms with E-state index in [1.165, 1.54) is 24.6 Å². The summed E-state index contributed by atoms with van der Waals surface area (Å²) in [5.74, 6) is 0.584. The van der Waals surface area contributed by atoms with Gasteiger partial charge in [0.15, 0.2) is 5.17 Å². The molecule has 0 aromatic heterocycles. The highest BCUT2D eigenvalue weighted by Crippen LogP contribution is 2.39. The lowest BCUT2D eigenvalue weighted by atomic mass is 10.1. The molecule has 0 saturated carbocycles. The minimum atomic E-state index is -0.163. The van der Waals surface area contributed by atoms with Gasteiger partial charge in [-0.3, -0.25) is 9.69 Å². The van der Waals surface area contributed by atoms with Crippen molar-refractivity contribution in [1.29, 1.82) is 0 Å². The summed E-state index contributed by atoms with van der Waals surface area (Å²) >= 11 is 17.0. The molecule has 3 aromatic carbocycles. The van der Waals surface area contributed by atoms with Crippen molar-refractivity contribution in [3.05, 3.63) is 91.7 Å². The van der Waals surface area contributed by atoms with Crippen LogP contribution in [0.15, 0.2) is 81.1 Å². The van der Waals surface area contributed by atoms with E-state index in [-0.39, 0.29) is 5.91 Å². The minimum Gasteiger partial charge on any atom is -0.493 e. The average molecular weight is 604 g/mol. The molecule has 1 fully saturated rings. The lowest BCUT2D eigenvalue weighted by molar-refractivity contribution is -0.113. The van der Waals surface area contributed by atoms with Crippen molar-refractivity contribution >= 4 is 79.4 Å². The maximum absolute atomic E-state index is 13.6. The average Bonchev–Trinajstić information content (AvgIpc) is 3.16. The molecule has 8 heteroatoms. The Kier molecular flexibility index (Phi) is 9.54. The van der Waals surface area contributed by atoms with E-state index in [2.05, 4.69) is 22.9 Å². The Hall–Kier alpha value is -2.25. The van der Waals surface area contributed by atoms with Crippen LogP contribution in [0.1, 0.15) is 38.2 Å². The summed E-state index contributed by atoms with van der Waals surface area (Å²) in [5.41, 5.74) is 2.22. The number of amidine groups is 1. The first-order valence-electron chi connectivity index (χ1n) is 11.7. The van der Waals surface area contributed by atoms with Gasteiger partial charge in [-0.25, -0.2) is 4.99 Å². The Morgan fingerprint density at radius 3 is 2.36 bits per heavy atom. The van der Waals surface area contributed by atoms with Gasteiger partial charge in [0.25, 0.3) is 5.91 Å². The van der Waals surface area contributed by atoms with E-state index in [0.29, 0.717) is 38.1 Å². The number of rotatable bonds is 9. The summed E-state index contributed by atoms with van der Waals surface area (Å²) in [6.07, 6.45) is 6.38. The van der Waals surface area contributed by atoms with E-state index in [9.17, 15) is 4.79 Å². The third-order valence-corrected chi connectivity index (χ3v) is 7.42. The van der Waals surface area contributed by atoms with Crippen molar-refractivity contribution in [2.45, 2.75) is 32.6 Å². The second-order valence-corrected chi connectivity index (χ2v) is 11.0. The summed E-state index contributed by atoms with van der Waals surface area (Å²) in [5, 5.41) is 1.77. The second kappa shape index (κ2) is 12.8. The summed E-state index contributed by atoms with van der Waals surface area (Å²) in [4.78, 5) is 20.5. The summed E-state index contributed by atoms with van der Waals surface area (Å²) in [6.45, 7) is 2.83. The zero-order valence-electron chi connectivity index (χ0n) is 19.7. The van der Waals surface area contributed by atoms with Gasteiger partial charge in [0.2, 0.25) is 0 Å². The molecule has 1 heterocycles. The van der Waals surface area contributed by atoms with Crippen molar-refractivity contribution in [1.82, 2.24) is 0 Å². The lowest BCUT2D eigenvalue weighted by Crippen LogP contribution is -2.28. The third kappa shape index (κ3) is 6.94. The van der Waals surface area contributed by atoms with Crippen molar-refractivity contribution < 1.29 is 9.53 Å². The van der Waals surface area contributed by atoms with Gasteiger partial charge in [-0.2, -0.15) is 0 Å². The van der Waals surface area contributed by atoms with Crippen LogP contribution in [0.25, 0.3) is 6.08 Å². The molecule has 4 rings (SSSR count). The number of amides is 1. The molecular weight excluding hydrogens is 579 g/mol. The molecule has 1 aliphatic heterocycles. The molecule has 4 nitrogen and oxygen atoms in total. The Bertz CT molecular complexity index is 1280. The largest absolute Gasteiger partial charge is 0.493 e. The zero-order chi connectivity index (χ0) is 25.5. The van der Waals surface area contributed by atoms with Gasteiger partial charge >= 0.3 is 0 Å². The van der Waals surface area contributed by atoms with Gasteiger partial charge in [0, 0.05) is 20.1 Å². The van der Waals surface area contributed by atoms with E-state index < -0.39 is 0 Å². The lowest BCUT2D eigenvalue weighted by Gasteiger charge is -2.15. The first-order valence-corrected chi connectivity index (χ1v) is 14.1. The molecule has 0 radical (unpaired) electrons. The Morgan fingerprint density at radius 2 is 1.67 bits per heavy atom. The number of ether oxygens (including phenoxy) is 1. The van der Waals surface area contributed by atoms with Crippen molar-refractivity contribution in [2.24, 2.45) is 4.99 Å². The van der Waals surface area contributed by atoms with Crippen molar-refractivity contribution in [3.8, 4) is 5.75 Å². The standard InChI is InChI=1S/C28H25BrCl2N2O2S/c1-2-3-4-5-16-35-25-15-6-20(29)17-19(25)18-26-27(34)33(24-13-9-22(31)10-14-24)28(36-26)32-23-11-7-21(30)8-12-23/h6-15,17-18H,2-5,16H2,1H3/b26-18+,32-28?. The quantitative estimate of drug-likeness (QED) is 0.181. The molecule has 36 heavy (non-hydrogen) atoms. The Morgan fingerprint density at radius 1 is 0.972 bits per heavy atom. The monoisotopic (exact) mass is 602 g/mol. The number of carbonyl (C=O) groups excluding carboxylic acids is 1. The van der Waals surface area contributed by atoms with Crippen LogP contribution in [0.5, 0.6) is 5.75 Å². The fraction of sp³-hybridized carbons (Fsp3) is 0.214. The van der Waals surface area contributed by atoms with Crippen LogP contribution >= 0.6 is 50.9 Å². The number of unbranched alkanes of at least 4 members (excludes halogenated alkanes) is 3. The fourth-order valence-corrected chi connectivity index (χ4v) is 5.23. The molecule has 3 aromatic rings. The molecule has 186 valence electrons. The number of nitrogens with zero attached hydrogens (tertiary/aromatic N) is 2. The number of aliphatic imine (C=N–C) groups is 1. The first-order chi connectivity index (χ1) is 17.4. The SMILES string of the molecule is CCCCCCOc1ccc(Br)cc1/C=C1/SC(=Nc2ccc(Cl)cc2)N(c2ccc(Cl)cc2)C1=O. The van der Waals surface area contributed by atoms with Crippen LogP contribution in [-0.2, 0) is 4.79 Å². The van der Waals surface area contributed by atoms with Crippen LogP contribution in [0, 0.1) is 0 Å². The molecule has 1 amide bonds. The number of thioether (sulfide) groups is 1. The smallest absolute Gasteiger partial charge is 0.271 e. The van der Waals surface area contributed by atoms with E-state index in [4.69, 9.17) is 32.9 Å². The molecular formula is C28H25BrCl2N2O2S. The normalized spacial score (nSPS) is 15.8. The topological polar surface area (TPSA) is 41.9 Å². The molecule has 0 atom stereocenters. The summed E-state index contributed by atoms with van der Waals surface area (Å²) in [6, 6.07) is 20.2. The molecule has 0 unspecified atom stereocenters. The predicted molar refractivity (Wildman–Crippen MR) is 157 cm³/mol. The van der Waals surface area contributed by atoms with Crippen LogP contribution in [-0.4, -0.2) is 17.7 Å². The van der Waals surface area contributed by atoms with Gasteiger partial charge in [-0.05, 0) is 91.0 Å². The highest BCUT2D eigenvalue weighted by Gasteiger charge is 2.35. The fourth-order valence-electron chi connectivity index (χ4n) is 3.61. The number of hydrogen-bond donors (Lipinski definition) is 0. The molecule has 1 saturated heterocycles. The van der Waals surface area contributed by atoms with Gasteiger partial charge in [0.05, 0.1) is 22.9 Å². The van der Waals surface area contributed by atoms with Crippen LogP contribution in [0.3, 0.4) is 0 Å². The Labute approximate surface area is 234 Å². The van der Waals surface area contributed by atoms with E-state index >= 15 is 0 Å². The van der Waals surface area contributed by atoms with Gasteiger partial charge in [-0.15, -0.1) is 0 Å². The van der Waals surface area contributed by atoms with Crippen LogP contribution in [0.4, 0.5) is 11.4 Å². The molecule has 0 spiro atoms. The molecule has 0 bridgehead atoms. The van der Waals surface area contributed by atoms with Gasteiger partial charge < -0.3 is 4.74 Å². The zero-order valence-corrected chi connectivity index (χ0v) is 23.6. The maximum Gasteiger partial charge on any atom is 0.271 e. The van der Waals surface area contributed by atoms with Crippen molar-refractivity contribution in [2.75, 3.05) is 11.5 Å². The highest BCUT2D eigenvalue weighted by atomic mass is 79.9. The van der Waals surface area contributed by atoms with Crippen LogP contribution in [0.2, 0.25) is 10.0 Å². The summed E-state index contributed by atoms with van der Waals surface area (Å²) in [7, 11) is 0. The van der Waals surface area contributed by atoms with E-state index in [0.717, 1.165) is 28.6 Å². The van der Waals surface area contributed by atoms with Crippen molar-refractivity contribution in [3.63, 3.8) is 0 Å².